The number of anilines is 1. The van der Waals surface area contributed by atoms with Gasteiger partial charge in [0.15, 0.2) is 0 Å². The molecule has 2 heterocycles. The third kappa shape index (κ3) is 5.73. The second-order valence-corrected chi connectivity index (χ2v) is 8.95. The van der Waals surface area contributed by atoms with Gasteiger partial charge in [-0.05, 0) is 56.7 Å². The van der Waals surface area contributed by atoms with E-state index in [2.05, 4.69) is 24.3 Å². The molecule has 2 amide bonds. The molecule has 168 valence electrons. The lowest BCUT2D eigenvalue weighted by Crippen LogP contribution is -2.39. The van der Waals surface area contributed by atoms with Gasteiger partial charge in [-0.1, -0.05) is 19.9 Å². The van der Waals surface area contributed by atoms with Gasteiger partial charge in [0.1, 0.15) is 0 Å². The molecular weight excluding hydrogens is 392 g/mol. The maximum Gasteiger partial charge on any atom is 0.253 e. The van der Waals surface area contributed by atoms with Gasteiger partial charge in [0.2, 0.25) is 5.91 Å². The van der Waals surface area contributed by atoms with Gasteiger partial charge >= 0.3 is 0 Å². The van der Waals surface area contributed by atoms with Gasteiger partial charge in [-0.2, -0.15) is 5.10 Å². The number of aromatic nitrogens is 2. The van der Waals surface area contributed by atoms with Crippen LogP contribution >= 0.6 is 0 Å². The van der Waals surface area contributed by atoms with Crippen molar-refractivity contribution in [3.63, 3.8) is 0 Å². The van der Waals surface area contributed by atoms with E-state index in [0.717, 1.165) is 36.3 Å². The monoisotopic (exact) mass is 426 g/mol. The van der Waals surface area contributed by atoms with Gasteiger partial charge in [0.25, 0.3) is 5.91 Å². The predicted molar refractivity (Wildman–Crippen MR) is 121 cm³/mol. The fourth-order valence-corrected chi connectivity index (χ4v) is 4.11. The zero-order valence-electron chi connectivity index (χ0n) is 19.0. The minimum Gasteiger partial charge on any atom is -0.396 e. The van der Waals surface area contributed by atoms with Gasteiger partial charge in [-0.25, -0.2) is 0 Å². The van der Waals surface area contributed by atoms with Crippen LogP contribution in [-0.4, -0.2) is 51.3 Å². The van der Waals surface area contributed by atoms with Crippen molar-refractivity contribution >= 4 is 17.5 Å². The summed E-state index contributed by atoms with van der Waals surface area (Å²) in [5, 5.41) is 16.8. The fourth-order valence-electron chi connectivity index (χ4n) is 4.11. The van der Waals surface area contributed by atoms with E-state index >= 15 is 0 Å². The van der Waals surface area contributed by atoms with Gasteiger partial charge in [-0.15, -0.1) is 0 Å². The molecule has 0 radical (unpaired) electrons. The minimum absolute atomic E-state index is 0.0332. The summed E-state index contributed by atoms with van der Waals surface area (Å²) in [4.78, 5) is 27.4. The number of carbonyl (C=O) groups is 2. The zero-order valence-corrected chi connectivity index (χ0v) is 19.0. The maximum atomic E-state index is 12.8. The van der Waals surface area contributed by atoms with Crippen molar-refractivity contribution < 1.29 is 14.7 Å². The van der Waals surface area contributed by atoms with Crippen LogP contribution in [0, 0.1) is 25.7 Å². The van der Waals surface area contributed by atoms with E-state index in [1.807, 2.05) is 23.4 Å². The first-order chi connectivity index (χ1) is 14.8. The van der Waals surface area contributed by atoms with Crippen LogP contribution in [0.1, 0.15) is 54.0 Å². The number of carbonyl (C=O) groups excluding carboxylic acids is 2. The molecule has 0 atom stereocenters. The first kappa shape index (κ1) is 23.0. The zero-order chi connectivity index (χ0) is 22.5. The van der Waals surface area contributed by atoms with E-state index in [4.69, 9.17) is 0 Å². The number of benzene rings is 1. The number of hydrogen-bond donors (Lipinski definition) is 2. The Morgan fingerprint density at radius 2 is 1.94 bits per heavy atom. The van der Waals surface area contributed by atoms with Crippen molar-refractivity contribution in [1.82, 2.24) is 14.7 Å². The first-order valence-electron chi connectivity index (χ1n) is 11.1. The molecule has 1 aliphatic rings. The Morgan fingerprint density at radius 3 is 2.58 bits per heavy atom. The van der Waals surface area contributed by atoms with Crippen molar-refractivity contribution in [3.05, 3.63) is 46.8 Å². The van der Waals surface area contributed by atoms with Crippen LogP contribution in [0.5, 0.6) is 0 Å². The number of aliphatic hydroxyl groups excluding tert-OH is 1. The molecule has 7 nitrogen and oxygen atoms in total. The molecule has 2 N–H and O–H groups in total. The van der Waals surface area contributed by atoms with Crippen LogP contribution in [0.4, 0.5) is 5.69 Å². The van der Waals surface area contributed by atoms with Crippen LogP contribution < -0.4 is 5.32 Å². The number of nitrogens with one attached hydrogen (secondary N) is 1. The largest absolute Gasteiger partial charge is 0.396 e. The van der Waals surface area contributed by atoms with E-state index in [1.165, 1.54) is 0 Å². The molecule has 0 spiro atoms. The highest BCUT2D eigenvalue weighted by molar-refractivity contribution is 5.97. The number of piperidine rings is 1. The first-order valence-corrected chi connectivity index (χ1v) is 11.1. The molecule has 3 rings (SSSR count). The normalized spacial score (nSPS) is 14.8. The van der Waals surface area contributed by atoms with Crippen LogP contribution in [-0.2, 0) is 17.8 Å². The van der Waals surface area contributed by atoms with Crippen molar-refractivity contribution in [2.45, 2.75) is 53.5 Å². The van der Waals surface area contributed by atoms with E-state index in [0.29, 0.717) is 30.3 Å². The summed E-state index contributed by atoms with van der Waals surface area (Å²) in [7, 11) is 0. The molecular formula is C24H34N4O3. The molecule has 0 unspecified atom stereocenters. The second kappa shape index (κ2) is 10.1. The Hall–Kier alpha value is -2.67. The molecule has 1 fully saturated rings. The van der Waals surface area contributed by atoms with E-state index in [9.17, 15) is 14.7 Å². The van der Waals surface area contributed by atoms with E-state index in [-0.39, 0.29) is 30.8 Å². The smallest absolute Gasteiger partial charge is 0.253 e. The van der Waals surface area contributed by atoms with Gasteiger partial charge in [-0.3, -0.25) is 14.3 Å². The summed E-state index contributed by atoms with van der Waals surface area (Å²) in [6.07, 6.45) is 1.90. The van der Waals surface area contributed by atoms with Crippen LogP contribution in [0.25, 0.3) is 0 Å². The lowest BCUT2D eigenvalue weighted by atomic mass is 9.97. The Balaban J connectivity index is 1.64. The van der Waals surface area contributed by atoms with Crippen LogP contribution in [0.15, 0.2) is 24.3 Å². The maximum absolute atomic E-state index is 12.8. The molecule has 1 saturated heterocycles. The third-order valence-corrected chi connectivity index (χ3v) is 5.96. The quantitative estimate of drug-likeness (QED) is 0.712. The van der Waals surface area contributed by atoms with Crippen LogP contribution in [0.2, 0.25) is 0 Å². The summed E-state index contributed by atoms with van der Waals surface area (Å²) in [6.45, 7) is 10.5. The Kier molecular flexibility index (Phi) is 7.49. The number of likely N-dealkylation sites (tertiary alicyclic amines) is 1. The summed E-state index contributed by atoms with van der Waals surface area (Å²) in [5.41, 5.74) is 4.04. The van der Waals surface area contributed by atoms with Crippen molar-refractivity contribution in [3.8, 4) is 0 Å². The molecule has 0 saturated carbocycles. The second-order valence-electron chi connectivity index (χ2n) is 8.95. The summed E-state index contributed by atoms with van der Waals surface area (Å²) >= 11 is 0. The highest BCUT2D eigenvalue weighted by Gasteiger charge is 2.23. The average molecular weight is 427 g/mol. The van der Waals surface area contributed by atoms with E-state index < -0.39 is 0 Å². The number of aliphatic hydroxyl groups is 1. The third-order valence-electron chi connectivity index (χ3n) is 5.96. The topological polar surface area (TPSA) is 87.5 Å². The summed E-state index contributed by atoms with van der Waals surface area (Å²) in [6, 6.07) is 7.11. The number of rotatable bonds is 7. The molecule has 2 aromatic rings. The highest BCUT2D eigenvalue weighted by atomic mass is 16.3. The van der Waals surface area contributed by atoms with Crippen molar-refractivity contribution in [1.29, 1.82) is 0 Å². The number of aryl methyl sites for hydroxylation is 1. The van der Waals surface area contributed by atoms with E-state index in [1.54, 1.807) is 24.3 Å². The Bertz CT molecular complexity index is 927. The number of nitrogens with zero attached hydrogens (tertiary/aromatic N) is 3. The van der Waals surface area contributed by atoms with Gasteiger partial charge < -0.3 is 15.3 Å². The fraction of sp³-hybridized carbons (Fsp3) is 0.542. The van der Waals surface area contributed by atoms with Crippen molar-refractivity contribution in [2.75, 3.05) is 25.0 Å². The summed E-state index contributed by atoms with van der Waals surface area (Å²) in [5.74, 6) is 0.610. The molecule has 1 aliphatic heterocycles. The van der Waals surface area contributed by atoms with Crippen LogP contribution in [0.3, 0.4) is 0 Å². The minimum atomic E-state index is -0.122. The molecule has 0 bridgehead atoms. The van der Waals surface area contributed by atoms with Crippen molar-refractivity contribution in [2.24, 2.45) is 11.8 Å². The lowest BCUT2D eigenvalue weighted by molar-refractivity contribution is -0.115. The SMILES string of the molecule is Cc1nn(CC(C)C)c(C)c1CC(=O)Nc1cccc(C(=O)N2CCC(CO)CC2)c1. The number of hydrogen-bond acceptors (Lipinski definition) is 4. The standard InChI is InChI=1S/C24H34N4O3/c1-16(2)14-28-18(4)22(17(3)26-28)13-23(30)25-21-7-5-6-20(12-21)24(31)27-10-8-19(15-29)9-11-27/h5-7,12,16,19,29H,8-11,13-15H2,1-4H3,(H,25,30). The molecule has 7 heteroatoms. The molecule has 0 aliphatic carbocycles. The summed E-state index contributed by atoms with van der Waals surface area (Å²) < 4.78 is 1.97. The van der Waals surface area contributed by atoms with Gasteiger partial charge in [0.05, 0.1) is 12.1 Å². The predicted octanol–water partition coefficient (Wildman–Crippen LogP) is 3.18. The molecule has 1 aromatic heterocycles. The molecule has 1 aromatic carbocycles. The van der Waals surface area contributed by atoms with Gasteiger partial charge in [0, 0.05) is 48.7 Å². The molecule has 31 heavy (non-hydrogen) atoms. The Morgan fingerprint density at radius 1 is 1.23 bits per heavy atom. The average Bonchev–Trinajstić information content (AvgIpc) is 3.00. The highest BCUT2D eigenvalue weighted by Crippen LogP contribution is 2.21. The number of amides is 2. The lowest BCUT2D eigenvalue weighted by Gasteiger charge is -2.31. The Labute approximate surface area is 184 Å².